The second-order valence-corrected chi connectivity index (χ2v) is 0. The minimum Gasteiger partial charge on any atom is 0 e. The number of rotatable bonds is 0. The van der Waals surface area contributed by atoms with Crippen molar-refractivity contribution in [2.75, 3.05) is 0 Å². The first kappa shape index (κ1) is 15.7. The first-order valence-electron chi connectivity index (χ1n) is 0.204. The van der Waals surface area contributed by atoms with E-state index in [1.165, 1.54) is 0 Å². The van der Waals surface area contributed by atoms with Gasteiger partial charge in [-0.15, -0.1) is 0 Å². The van der Waals surface area contributed by atoms with Gasteiger partial charge in [-0.2, -0.15) is 0 Å². The molecule has 0 aliphatic heterocycles. The summed E-state index contributed by atoms with van der Waals surface area (Å²) in [7, 11) is 0. The number of hydrogen-bond acceptors (Lipinski definition) is 1. The van der Waals surface area contributed by atoms with Crippen molar-refractivity contribution in [1.29, 1.82) is 0 Å². The summed E-state index contributed by atoms with van der Waals surface area (Å²) in [4.78, 5) is 0. The smallest absolute Gasteiger partial charge is 0 e. The zero-order valence-corrected chi connectivity index (χ0v) is 6.86. The third-order valence-corrected chi connectivity index (χ3v) is 0. The fourth-order valence-corrected chi connectivity index (χ4v) is 0. The maximum absolute atomic E-state index is 8.39. The van der Waals surface area contributed by atoms with Crippen molar-refractivity contribution in [3.05, 3.63) is 0 Å². The Morgan fingerprint density at radius 2 is 1.25 bits per heavy atom. The van der Waals surface area contributed by atoms with Crippen LogP contribution in [0.1, 0.15) is 0 Å². The molecule has 4 heavy (non-hydrogen) atoms. The largest absolute Gasteiger partial charge is 0 e. The molecule has 0 spiro atoms. The van der Waals surface area contributed by atoms with E-state index < -0.39 is 0 Å². The van der Waals surface area contributed by atoms with E-state index in [1.807, 2.05) is 0 Å². The molecule has 0 aliphatic carbocycles. The molecule has 0 aliphatic rings. The van der Waals surface area contributed by atoms with Crippen LogP contribution in [0.25, 0.3) is 0 Å². The quantitative estimate of drug-likeness (QED) is 0.449. The van der Waals surface area contributed by atoms with Crippen LogP contribution in [-0.2, 0) is 24.4 Å². The molecule has 0 heterocycles. The Labute approximate surface area is 96.4 Å². The Morgan fingerprint density at radius 1 is 1.25 bits per heavy atom. The predicted octanol–water partition coefficient (Wildman–Crippen LogP) is -1.42. The first-order chi connectivity index (χ1) is 1.00. The van der Waals surface area contributed by atoms with Gasteiger partial charge in [0.25, 0.3) is 0 Å². The molecule has 0 atom stereocenters. The summed E-state index contributed by atoms with van der Waals surface area (Å²) in [5, 5.41) is 0. The fraction of sp³-hybridized carbons (Fsp3) is 0. The van der Waals surface area contributed by atoms with Crippen LogP contribution in [0.5, 0.6) is 0 Å². The molecule has 0 amide bonds. The molecule has 2 radical (unpaired) electrons. The van der Waals surface area contributed by atoms with Gasteiger partial charge in [-0.25, -0.2) is 0 Å². The van der Waals surface area contributed by atoms with Gasteiger partial charge in [0, 0.05) is 21.7 Å². The van der Waals surface area contributed by atoms with Crippen LogP contribution < -0.4 is 0 Å². The Hall–Kier alpha value is 3.01. The summed E-state index contributed by atoms with van der Waals surface area (Å²) in [6.07, 6.45) is 0. The van der Waals surface area contributed by atoms with Gasteiger partial charge in [0.1, 0.15) is 0 Å². The van der Waals surface area contributed by atoms with Crippen molar-refractivity contribution in [3.63, 3.8) is 0 Å². The Bertz CT molecular complexity index is 8.00. The first-order valence-corrected chi connectivity index (χ1v) is 1.79. The van der Waals surface area contributed by atoms with Gasteiger partial charge in [0.2, 0.25) is 0 Å². The molecule has 0 fully saturated rings. The maximum Gasteiger partial charge on any atom is 0 e. The summed E-state index contributed by atoms with van der Waals surface area (Å²) in [5.41, 5.74) is 0. The summed E-state index contributed by atoms with van der Waals surface area (Å²) in [6, 6.07) is 0. The molecule has 0 bridgehead atoms. The van der Waals surface area contributed by atoms with E-state index in [1.54, 1.807) is 0 Å². The van der Waals surface area contributed by atoms with E-state index in [9.17, 15) is 0 Å². The molecule has 4 heteroatoms. The normalized spacial score (nSPS) is 1.00. The third kappa shape index (κ3) is 8.89. The molecule has 0 N–H and O–H groups in total. The minimum absolute atomic E-state index is 0. The number of hydrogen-bond donors (Lipinski definition) is 0. The molecule has 0 saturated carbocycles. The second-order valence-electron chi connectivity index (χ2n) is 0. The predicted molar refractivity (Wildman–Crippen MR) is 15.0 cm³/mol. The average Bonchev–Trinajstić information content (AvgIpc) is 1.00. The molecule has 0 aromatic rings. The van der Waals surface area contributed by atoms with E-state index in [4.69, 9.17) is 2.69 Å². The third-order valence-electron chi connectivity index (χ3n) is 0. The molecule has 0 saturated heterocycles. The summed E-state index contributed by atoms with van der Waals surface area (Å²) in [6.45, 7) is 0. The van der Waals surface area contributed by atoms with Gasteiger partial charge in [0.15, 0.2) is 0 Å². The van der Waals surface area contributed by atoms with Crippen LogP contribution >= 0.6 is 0 Å². The maximum atomic E-state index is 8.39. The van der Waals surface area contributed by atoms with Gasteiger partial charge in [-0.05, 0) is 0 Å². The average molecular weight is 410 g/mol. The Balaban J connectivity index is -0.00000000500. The van der Waals surface area contributed by atoms with Gasteiger partial charge in [0.05, 0.1) is 0 Å². The van der Waals surface area contributed by atoms with Crippen LogP contribution in [-0.4, -0.2) is 74.7 Å². The van der Waals surface area contributed by atoms with Crippen LogP contribution in [0.15, 0.2) is 0 Å². The van der Waals surface area contributed by atoms with E-state index in [0.717, 1.165) is 0 Å². The molecule has 1 nitrogen and oxygen atoms in total. The van der Waals surface area contributed by atoms with E-state index >= 15 is 0 Å². The summed E-state index contributed by atoms with van der Waals surface area (Å²) in [5.74, 6) is 0. The Morgan fingerprint density at radius 3 is 1.25 bits per heavy atom. The van der Waals surface area contributed by atoms with Crippen LogP contribution in [0.4, 0.5) is 0 Å². The molecule has 0 unspecified atom stereocenters. The van der Waals surface area contributed by atoms with Crippen molar-refractivity contribution in [1.82, 2.24) is 0 Å². The molecule has 0 aromatic carbocycles. The van der Waals surface area contributed by atoms with Gasteiger partial charge in [-0.3, -0.25) is 0 Å². The van der Waals surface area contributed by atoms with Crippen molar-refractivity contribution < 1.29 is 24.4 Å². The second kappa shape index (κ2) is 16.7. The summed E-state index contributed by atoms with van der Waals surface area (Å²) < 4.78 is 8.39. The minimum atomic E-state index is 0. The monoisotopic (exact) mass is 412 g/mol. The van der Waals surface area contributed by atoms with Crippen LogP contribution in [0, 0.1) is 0 Å². The fourth-order valence-electron chi connectivity index (χ4n) is 0. The molecular formula is H2BaOPbTi. The zero-order chi connectivity index (χ0) is 2.00. The Kier molecular flexibility index (Phi) is 65.6. The molecular weight excluding hydrogens is 408 g/mol. The standard InChI is InChI=1S/Ba.O.Pb.Ti.2H. The summed E-state index contributed by atoms with van der Waals surface area (Å²) >= 11 is 0.0556. The van der Waals surface area contributed by atoms with Crippen LogP contribution in [0.2, 0.25) is 0 Å². The van der Waals surface area contributed by atoms with Crippen molar-refractivity contribution in [2.24, 2.45) is 0 Å². The van der Waals surface area contributed by atoms with Crippen molar-refractivity contribution in [3.8, 4) is 0 Å². The molecule has 0 rings (SSSR count). The van der Waals surface area contributed by atoms with E-state index in [-0.39, 0.29) is 96.4 Å². The van der Waals surface area contributed by atoms with E-state index in [2.05, 4.69) is 0 Å². The van der Waals surface area contributed by atoms with Gasteiger partial charge < -0.3 is 0 Å². The van der Waals surface area contributed by atoms with Crippen molar-refractivity contribution >= 4 is 74.7 Å². The van der Waals surface area contributed by atoms with Crippen molar-refractivity contribution in [2.45, 2.75) is 0 Å². The van der Waals surface area contributed by atoms with Crippen LogP contribution in [0.3, 0.4) is 0 Å². The SMILES string of the molecule is [BaH2].[O]=[Pb].[Ti]. The van der Waals surface area contributed by atoms with E-state index in [0.29, 0.717) is 0 Å². The van der Waals surface area contributed by atoms with Gasteiger partial charge in [-0.1, -0.05) is 0 Å². The van der Waals surface area contributed by atoms with Gasteiger partial charge >= 0.3 is 77.3 Å². The molecule has 18 valence electrons. The molecule has 0 aromatic heterocycles. The topological polar surface area (TPSA) is 17.1 Å². The zero-order valence-electron chi connectivity index (χ0n) is 1.41.